The maximum Gasteiger partial charge on any atom is 0.110 e. The second kappa shape index (κ2) is 4.84. The number of aromatic amines is 1. The van der Waals surface area contributed by atoms with Crippen LogP contribution in [0.5, 0.6) is 0 Å². The minimum Gasteiger partial charge on any atom is -0.336 e. The lowest BCUT2D eigenvalue weighted by Gasteiger charge is -1.95. The molecule has 3 N–H and O–H groups in total. The SMILES string of the molecule is NCCc1nc(-c2csc3ccccc23)c(Br)[nH]1. The summed E-state index contributed by atoms with van der Waals surface area (Å²) < 4.78 is 2.21. The van der Waals surface area contributed by atoms with Gasteiger partial charge in [-0.05, 0) is 28.5 Å². The highest BCUT2D eigenvalue weighted by Gasteiger charge is 2.13. The molecule has 0 spiro atoms. The second-order valence-corrected chi connectivity index (χ2v) is 5.73. The van der Waals surface area contributed by atoms with E-state index in [1.54, 1.807) is 11.3 Å². The predicted molar refractivity (Wildman–Crippen MR) is 79.9 cm³/mol. The maximum absolute atomic E-state index is 5.56. The van der Waals surface area contributed by atoms with Crippen molar-refractivity contribution in [1.29, 1.82) is 0 Å². The number of thiophene rings is 1. The lowest BCUT2D eigenvalue weighted by atomic mass is 10.1. The van der Waals surface area contributed by atoms with Crippen molar-refractivity contribution >= 4 is 37.4 Å². The van der Waals surface area contributed by atoms with Crippen LogP contribution in [0, 0.1) is 0 Å². The highest BCUT2D eigenvalue weighted by atomic mass is 79.9. The predicted octanol–water partition coefficient (Wildman–Crippen LogP) is 3.56. The Morgan fingerprint density at radius 2 is 2.17 bits per heavy atom. The average molecular weight is 322 g/mol. The summed E-state index contributed by atoms with van der Waals surface area (Å²) in [6.07, 6.45) is 0.765. The van der Waals surface area contributed by atoms with E-state index in [0.717, 1.165) is 22.5 Å². The lowest BCUT2D eigenvalue weighted by molar-refractivity contribution is 0.893. The van der Waals surface area contributed by atoms with Crippen LogP contribution in [0.1, 0.15) is 5.82 Å². The third kappa shape index (κ3) is 1.98. The number of nitrogens with zero attached hydrogens (tertiary/aromatic N) is 1. The van der Waals surface area contributed by atoms with Crippen LogP contribution in [-0.2, 0) is 6.42 Å². The van der Waals surface area contributed by atoms with Crippen molar-refractivity contribution in [2.45, 2.75) is 6.42 Å². The fourth-order valence-electron chi connectivity index (χ4n) is 1.99. The molecule has 2 heterocycles. The van der Waals surface area contributed by atoms with Crippen LogP contribution >= 0.6 is 27.3 Å². The van der Waals surface area contributed by atoms with E-state index in [9.17, 15) is 0 Å². The summed E-state index contributed by atoms with van der Waals surface area (Å²) in [5, 5.41) is 3.40. The molecule has 3 rings (SSSR count). The zero-order chi connectivity index (χ0) is 12.5. The first-order valence-corrected chi connectivity index (χ1v) is 7.38. The Kier molecular flexibility index (Phi) is 3.20. The fourth-order valence-corrected chi connectivity index (χ4v) is 3.47. The molecule has 0 saturated carbocycles. The Balaban J connectivity index is 2.14. The van der Waals surface area contributed by atoms with Gasteiger partial charge in [0.1, 0.15) is 16.1 Å². The van der Waals surface area contributed by atoms with Gasteiger partial charge in [-0.1, -0.05) is 18.2 Å². The van der Waals surface area contributed by atoms with Crippen LogP contribution in [0.25, 0.3) is 21.3 Å². The molecular formula is C13H12BrN3S. The number of nitrogens with two attached hydrogens (primary N) is 1. The van der Waals surface area contributed by atoms with E-state index in [2.05, 4.69) is 55.5 Å². The van der Waals surface area contributed by atoms with Crippen molar-refractivity contribution in [3.05, 3.63) is 40.1 Å². The Bertz CT molecular complexity index is 686. The Labute approximate surface area is 117 Å². The van der Waals surface area contributed by atoms with E-state index in [4.69, 9.17) is 5.73 Å². The van der Waals surface area contributed by atoms with Gasteiger partial charge in [-0.25, -0.2) is 4.98 Å². The van der Waals surface area contributed by atoms with Gasteiger partial charge < -0.3 is 10.7 Å². The molecular weight excluding hydrogens is 310 g/mol. The van der Waals surface area contributed by atoms with E-state index in [0.29, 0.717) is 6.54 Å². The average Bonchev–Trinajstić information content (AvgIpc) is 2.93. The number of hydrogen-bond donors (Lipinski definition) is 2. The summed E-state index contributed by atoms with van der Waals surface area (Å²) in [5.41, 5.74) is 7.69. The van der Waals surface area contributed by atoms with Crippen molar-refractivity contribution in [2.75, 3.05) is 6.54 Å². The lowest BCUT2D eigenvalue weighted by Crippen LogP contribution is -2.03. The summed E-state index contributed by atoms with van der Waals surface area (Å²) in [4.78, 5) is 7.85. The van der Waals surface area contributed by atoms with Crippen molar-refractivity contribution in [3.8, 4) is 11.3 Å². The number of rotatable bonds is 3. The number of hydrogen-bond acceptors (Lipinski definition) is 3. The standard InChI is InChI=1S/C13H12BrN3S/c14-13-12(16-11(17-13)5-6-15)9-7-18-10-4-2-1-3-8(9)10/h1-4,7H,5-6,15H2,(H,16,17). The number of aromatic nitrogens is 2. The number of fused-ring (bicyclic) bond motifs is 1. The molecule has 2 aromatic heterocycles. The smallest absolute Gasteiger partial charge is 0.110 e. The molecule has 0 aliphatic heterocycles. The molecule has 92 valence electrons. The summed E-state index contributed by atoms with van der Waals surface area (Å²) in [6.45, 7) is 0.601. The van der Waals surface area contributed by atoms with Gasteiger partial charge in [0.15, 0.2) is 0 Å². The first-order chi connectivity index (χ1) is 8.79. The topological polar surface area (TPSA) is 54.7 Å². The molecule has 0 saturated heterocycles. The van der Waals surface area contributed by atoms with Crippen molar-refractivity contribution in [2.24, 2.45) is 5.73 Å². The minimum atomic E-state index is 0.601. The van der Waals surface area contributed by atoms with Crippen LogP contribution in [-0.4, -0.2) is 16.5 Å². The van der Waals surface area contributed by atoms with Gasteiger partial charge in [-0.2, -0.15) is 0 Å². The molecule has 0 aliphatic rings. The Morgan fingerprint density at radius 3 is 3.00 bits per heavy atom. The van der Waals surface area contributed by atoms with Gasteiger partial charge in [-0.3, -0.25) is 0 Å². The largest absolute Gasteiger partial charge is 0.336 e. The van der Waals surface area contributed by atoms with Crippen molar-refractivity contribution < 1.29 is 0 Å². The minimum absolute atomic E-state index is 0.601. The van der Waals surface area contributed by atoms with Gasteiger partial charge in [0.2, 0.25) is 0 Å². The van der Waals surface area contributed by atoms with E-state index in [1.165, 1.54) is 15.6 Å². The maximum atomic E-state index is 5.56. The molecule has 5 heteroatoms. The van der Waals surface area contributed by atoms with Gasteiger partial charge in [-0.15, -0.1) is 11.3 Å². The van der Waals surface area contributed by atoms with Crippen molar-refractivity contribution in [1.82, 2.24) is 9.97 Å². The third-order valence-electron chi connectivity index (χ3n) is 2.83. The molecule has 0 radical (unpaired) electrons. The third-order valence-corrected chi connectivity index (χ3v) is 4.36. The van der Waals surface area contributed by atoms with Crippen LogP contribution in [0.2, 0.25) is 0 Å². The van der Waals surface area contributed by atoms with E-state index in [1.807, 2.05) is 0 Å². The van der Waals surface area contributed by atoms with Crippen LogP contribution < -0.4 is 5.73 Å². The van der Waals surface area contributed by atoms with Crippen LogP contribution in [0.3, 0.4) is 0 Å². The molecule has 0 amide bonds. The Morgan fingerprint density at radius 1 is 1.33 bits per heavy atom. The summed E-state index contributed by atoms with van der Waals surface area (Å²) in [7, 11) is 0. The monoisotopic (exact) mass is 321 g/mol. The zero-order valence-corrected chi connectivity index (χ0v) is 12.0. The quantitative estimate of drug-likeness (QED) is 0.775. The molecule has 1 aromatic carbocycles. The summed E-state index contributed by atoms with van der Waals surface area (Å²) in [5.74, 6) is 0.926. The van der Waals surface area contributed by atoms with Gasteiger partial charge in [0, 0.05) is 27.5 Å². The normalized spacial score (nSPS) is 11.2. The molecule has 0 unspecified atom stereocenters. The fraction of sp³-hybridized carbons (Fsp3) is 0.154. The number of halogens is 1. The van der Waals surface area contributed by atoms with Crippen molar-refractivity contribution in [3.63, 3.8) is 0 Å². The summed E-state index contributed by atoms with van der Waals surface area (Å²) >= 11 is 5.28. The van der Waals surface area contributed by atoms with E-state index >= 15 is 0 Å². The molecule has 0 atom stereocenters. The molecule has 3 nitrogen and oxygen atoms in total. The molecule has 3 aromatic rings. The number of benzene rings is 1. The van der Waals surface area contributed by atoms with Gasteiger partial charge in [0.25, 0.3) is 0 Å². The Hall–Kier alpha value is -1.17. The first kappa shape index (κ1) is 11.9. The number of nitrogens with one attached hydrogen (secondary N) is 1. The van der Waals surface area contributed by atoms with Gasteiger partial charge in [0.05, 0.1) is 0 Å². The first-order valence-electron chi connectivity index (χ1n) is 5.70. The number of H-pyrrole nitrogens is 1. The van der Waals surface area contributed by atoms with Crippen LogP contribution in [0.15, 0.2) is 34.2 Å². The van der Waals surface area contributed by atoms with E-state index in [-0.39, 0.29) is 0 Å². The number of imidazole rings is 1. The molecule has 0 fully saturated rings. The molecule has 0 aliphatic carbocycles. The molecule has 0 bridgehead atoms. The highest BCUT2D eigenvalue weighted by molar-refractivity contribution is 9.10. The summed E-state index contributed by atoms with van der Waals surface area (Å²) in [6, 6.07) is 8.37. The van der Waals surface area contributed by atoms with Crippen LogP contribution in [0.4, 0.5) is 0 Å². The highest BCUT2D eigenvalue weighted by Crippen LogP contribution is 2.36. The zero-order valence-electron chi connectivity index (χ0n) is 9.61. The van der Waals surface area contributed by atoms with E-state index < -0.39 is 0 Å². The van der Waals surface area contributed by atoms with Gasteiger partial charge >= 0.3 is 0 Å². The second-order valence-electron chi connectivity index (χ2n) is 4.03. The molecule has 18 heavy (non-hydrogen) atoms.